The van der Waals surface area contributed by atoms with Gasteiger partial charge in [0, 0.05) is 44.7 Å². The van der Waals surface area contributed by atoms with Crippen LogP contribution < -0.4 is 16.0 Å². The molecule has 0 aromatic heterocycles. The van der Waals surface area contributed by atoms with Crippen LogP contribution in [0.3, 0.4) is 0 Å². The van der Waals surface area contributed by atoms with Gasteiger partial charge in [-0.1, -0.05) is 13.3 Å². The molecule has 2 amide bonds. The molecule has 3 aliphatic heterocycles. The highest BCUT2D eigenvalue weighted by Crippen LogP contribution is 2.35. The third-order valence-electron chi connectivity index (χ3n) is 8.15. The van der Waals surface area contributed by atoms with Crippen molar-refractivity contribution in [3.05, 3.63) is 0 Å². The van der Waals surface area contributed by atoms with E-state index in [1.165, 1.54) is 12.8 Å². The summed E-state index contributed by atoms with van der Waals surface area (Å²) in [7, 11) is 1.78. The van der Waals surface area contributed by atoms with E-state index in [4.69, 9.17) is 9.47 Å². The van der Waals surface area contributed by atoms with Gasteiger partial charge in [-0.3, -0.25) is 9.59 Å². The number of carbonyl (C=O) groups is 2. The molecule has 0 radical (unpaired) electrons. The Kier molecular flexibility index (Phi) is 8.43. The minimum absolute atomic E-state index is 0.0366. The number of fused-ring (bicyclic) bond motifs is 1. The van der Waals surface area contributed by atoms with Crippen LogP contribution in [0.1, 0.15) is 58.3 Å². The Labute approximate surface area is 192 Å². The van der Waals surface area contributed by atoms with Gasteiger partial charge >= 0.3 is 0 Å². The summed E-state index contributed by atoms with van der Waals surface area (Å²) in [5.74, 6) is 1.24. The van der Waals surface area contributed by atoms with Crippen LogP contribution in [-0.2, 0) is 19.1 Å². The van der Waals surface area contributed by atoms with Crippen LogP contribution in [0.25, 0.3) is 0 Å². The van der Waals surface area contributed by atoms with Gasteiger partial charge in [-0.05, 0) is 56.9 Å². The third kappa shape index (κ3) is 5.64. The number of hydrogen-bond acceptors (Lipinski definition) is 6. The monoisotopic (exact) mass is 450 g/mol. The van der Waals surface area contributed by atoms with E-state index in [0.29, 0.717) is 51.0 Å². The summed E-state index contributed by atoms with van der Waals surface area (Å²) in [5.41, 5.74) is 0. The highest BCUT2D eigenvalue weighted by molar-refractivity contribution is 5.83. The highest BCUT2D eigenvalue weighted by Gasteiger charge is 2.44. The lowest BCUT2D eigenvalue weighted by molar-refractivity contribution is -0.135. The Morgan fingerprint density at radius 3 is 2.75 bits per heavy atom. The summed E-state index contributed by atoms with van der Waals surface area (Å²) in [6.07, 6.45) is 7.94. The van der Waals surface area contributed by atoms with E-state index >= 15 is 0 Å². The molecular formula is C24H42N4O4. The van der Waals surface area contributed by atoms with E-state index in [0.717, 1.165) is 32.2 Å². The Bertz CT molecular complexity index is 641. The molecular weight excluding hydrogens is 408 g/mol. The molecule has 4 rings (SSSR count). The van der Waals surface area contributed by atoms with Crippen molar-refractivity contribution in [2.24, 2.45) is 11.8 Å². The maximum Gasteiger partial charge on any atom is 0.237 e. The molecule has 3 saturated heterocycles. The summed E-state index contributed by atoms with van der Waals surface area (Å²) < 4.78 is 11.1. The number of piperidine rings is 1. The number of amides is 2. The number of methoxy groups -OCH3 is 1. The quantitative estimate of drug-likeness (QED) is 0.537. The molecule has 4 aliphatic rings. The van der Waals surface area contributed by atoms with Crippen LogP contribution in [0.5, 0.6) is 0 Å². The van der Waals surface area contributed by atoms with Crippen molar-refractivity contribution in [2.75, 3.05) is 40.0 Å². The summed E-state index contributed by atoms with van der Waals surface area (Å²) in [6.45, 7) is 5.80. The van der Waals surface area contributed by atoms with E-state index in [2.05, 4.69) is 22.9 Å². The van der Waals surface area contributed by atoms with Crippen LogP contribution in [0.4, 0.5) is 0 Å². The second kappa shape index (κ2) is 11.3. The minimum atomic E-state index is -0.169. The second-order valence-corrected chi connectivity index (χ2v) is 10.2. The second-order valence-electron chi connectivity index (χ2n) is 10.2. The Hall–Kier alpha value is -1.22. The normalized spacial score (nSPS) is 36.4. The minimum Gasteiger partial charge on any atom is -0.380 e. The molecule has 8 nitrogen and oxygen atoms in total. The van der Waals surface area contributed by atoms with Crippen molar-refractivity contribution in [1.82, 2.24) is 20.9 Å². The third-order valence-corrected chi connectivity index (χ3v) is 8.15. The zero-order valence-electron chi connectivity index (χ0n) is 19.8. The molecule has 8 heteroatoms. The van der Waals surface area contributed by atoms with Crippen LogP contribution in [-0.4, -0.2) is 86.9 Å². The summed E-state index contributed by atoms with van der Waals surface area (Å²) >= 11 is 0. The molecule has 1 saturated carbocycles. The number of rotatable bonds is 7. The van der Waals surface area contributed by atoms with E-state index in [-0.39, 0.29) is 42.1 Å². The fraction of sp³-hybridized carbons (Fsp3) is 0.917. The van der Waals surface area contributed by atoms with Gasteiger partial charge < -0.3 is 30.3 Å². The number of hydrogen-bond donors (Lipinski definition) is 3. The summed E-state index contributed by atoms with van der Waals surface area (Å²) in [5, 5.41) is 10.6. The van der Waals surface area contributed by atoms with E-state index < -0.39 is 0 Å². The predicted octanol–water partition coefficient (Wildman–Crippen LogP) is 1.04. The summed E-state index contributed by atoms with van der Waals surface area (Å²) in [4.78, 5) is 28.0. The number of nitrogens with zero attached hydrogens (tertiary/aromatic N) is 1. The van der Waals surface area contributed by atoms with Crippen molar-refractivity contribution < 1.29 is 19.1 Å². The van der Waals surface area contributed by atoms with E-state index in [9.17, 15) is 9.59 Å². The topological polar surface area (TPSA) is 91.9 Å². The van der Waals surface area contributed by atoms with Crippen LogP contribution in [0, 0.1) is 11.8 Å². The van der Waals surface area contributed by atoms with Gasteiger partial charge in [0.25, 0.3) is 0 Å². The van der Waals surface area contributed by atoms with Crippen molar-refractivity contribution in [1.29, 1.82) is 0 Å². The first-order chi connectivity index (χ1) is 15.6. The van der Waals surface area contributed by atoms with Gasteiger partial charge in [-0.15, -0.1) is 0 Å². The number of ether oxygens (including phenoxy) is 2. The molecule has 7 atom stereocenters. The van der Waals surface area contributed by atoms with Crippen LogP contribution in [0.15, 0.2) is 0 Å². The average molecular weight is 451 g/mol. The average Bonchev–Trinajstić information content (AvgIpc) is 3.27. The Balaban J connectivity index is 1.37. The summed E-state index contributed by atoms with van der Waals surface area (Å²) in [6, 6.07) is 0.278. The first kappa shape index (κ1) is 23.9. The van der Waals surface area contributed by atoms with Gasteiger partial charge in [0.05, 0.1) is 25.4 Å². The van der Waals surface area contributed by atoms with Gasteiger partial charge in [0.2, 0.25) is 11.8 Å². The zero-order chi connectivity index (χ0) is 22.5. The van der Waals surface area contributed by atoms with Crippen LogP contribution in [0.2, 0.25) is 0 Å². The van der Waals surface area contributed by atoms with Crippen molar-refractivity contribution in [2.45, 2.75) is 88.6 Å². The fourth-order valence-corrected chi connectivity index (χ4v) is 6.29. The lowest BCUT2D eigenvalue weighted by Gasteiger charge is -2.37. The number of carbonyl (C=O) groups excluding carboxylic acids is 2. The van der Waals surface area contributed by atoms with Gasteiger partial charge in [-0.2, -0.15) is 0 Å². The molecule has 0 aromatic rings. The molecule has 32 heavy (non-hydrogen) atoms. The van der Waals surface area contributed by atoms with Gasteiger partial charge in [0.15, 0.2) is 0 Å². The molecule has 0 spiro atoms. The molecule has 0 aromatic carbocycles. The Morgan fingerprint density at radius 2 is 2.00 bits per heavy atom. The van der Waals surface area contributed by atoms with Crippen LogP contribution >= 0.6 is 0 Å². The lowest BCUT2D eigenvalue weighted by Crippen LogP contribution is -2.58. The molecule has 3 N–H and O–H groups in total. The molecule has 3 heterocycles. The fourth-order valence-electron chi connectivity index (χ4n) is 6.29. The molecule has 0 bridgehead atoms. The van der Waals surface area contributed by atoms with Gasteiger partial charge in [0.1, 0.15) is 0 Å². The van der Waals surface area contributed by atoms with Crippen molar-refractivity contribution in [3.63, 3.8) is 0 Å². The van der Waals surface area contributed by atoms with Crippen molar-refractivity contribution >= 4 is 11.8 Å². The van der Waals surface area contributed by atoms with E-state index in [1.54, 1.807) is 7.11 Å². The zero-order valence-corrected chi connectivity index (χ0v) is 19.8. The first-order valence-electron chi connectivity index (χ1n) is 12.7. The highest BCUT2D eigenvalue weighted by atomic mass is 16.5. The predicted molar refractivity (Wildman–Crippen MR) is 122 cm³/mol. The van der Waals surface area contributed by atoms with E-state index in [1.807, 2.05) is 4.90 Å². The van der Waals surface area contributed by atoms with Crippen molar-refractivity contribution in [3.8, 4) is 0 Å². The lowest BCUT2D eigenvalue weighted by atomic mass is 9.83. The SMILES string of the molecule is COC1CCCC2CC(C(=O)NC(CCC(=O)N3CCOCC3)C3NCCCC3C)NC21. The Morgan fingerprint density at radius 1 is 1.19 bits per heavy atom. The molecule has 1 aliphatic carbocycles. The molecule has 7 unspecified atom stereocenters. The number of morpholine rings is 1. The number of nitrogens with one attached hydrogen (secondary N) is 3. The smallest absolute Gasteiger partial charge is 0.237 e. The standard InChI is InChI=1S/C24H42N4O4/c1-16-5-4-10-25-22(16)18(8-9-21(29)28-11-13-32-14-12-28)27-24(30)19-15-17-6-3-7-20(31-2)23(17)26-19/h16-20,22-23,25-26H,3-15H2,1-2H3,(H,27,30). The largest absolute Gasteiger partial charge is 0.380 e. The molecule has 4 fully saturated rings. The van der Waals surface area contributed by atoms with Gasteiger partial charge in [-0.25, -0.2) is 0 Å². The maximum atomic E-state index is 13.3. The maximum absolute atomic E-state index is 13.3. The molecule has 182 valence electrons. The first-order valence-corrected chi connectivity index (χ1v) is 12.7.